The van der Waals surface area contributed by atoms with Gasteiger partial charge in [0.25, 0.3) is 0 Å². The van der Waals surface area contributed by atoms with Gasteiger partial charge < -0.3 is 5.73 Å². The lowest BCUT2D eigenvalue weighted by Gasteiger charge is -2.15. The minimum Gasteiger partial charge on any atom is -0.330 e. The molecule has 0 saturated carbocycles. The summed E-state index contributed by atoms with van der Waals surface area (Å²) in [5.74, 6) is 0.377. The Bertz CT molecular complexity index is 496. The fourth-order valence-electron chi connectivity index (χ4n) is 1.79. The van der Waals surface area contributed by atoms with E-state index in [0.717, 1.165) is 10.9 Å². The molecular formula is C13H13Br2NS. The highest BCUT2D eigenvalue weighted by molar-refractivity contribution is 9.10. The average molecular weight is 375 g/mol. The number of halogens is 2. The molecule has 1 nitrogen and oxygen atoms in total. The Hall–Kier alpha value is -0.160. The molecule has 0 aliphatic rings. The van der Waals surface area contributed by atoms with Crippen LogP contribution in [0, 0.1) is 0 Å². The Morgan fingerprint density at radius 2 is 2.06 bits per heavy atom. The van der Waals surface area contributed by atoms with Gasteiger partial charge in [0.2, 0.25) is 0 Å². The van der Waals surface area contributed by atoms with Crippen molar-refractivity contribution in [3.05, 3.63) is 55.1 Å². The smallest absolute Gasteiger partial charge is 0.0314 e. The van der Waals surface area contributed by atoms with E-state index in [1.54, 1.807) is 11.3 Å². The van der Waals surface area contributed by atoms with Gasteiger partial charge in [-0.3, -0.25) is 0 Å². The Kier molecular flexibility index (Phi) is 4.79. The molecule has 0 aliphatic heterocycles. The lowest BCUT2D eigenvalue weighted by molar-refractivity contribution is 0.699. The Labute approximate surface area is 122 Å². The monoisotopic (exact) mass is 373 g/mol. The second-order valence-electron chi connectivity index (χ2n) is 3.88. The highest BCUT2D eigenvalue weighted by atomic mass is 79.9. The van der Waals surface area contributed by atoms with Gasteiger partial charge in [-0.25, -0.2) is 0 Å². The molecule has 2 aromatic rings. The van der Waals surface area contributed by atoms with Crippen LogP contribution in [-0.2, 0) is 6.42 Å². The molecule has 1 atom stereocenters. The lowest BCUT2D eigenvalue weighted by atomic mass is 9.95. The van der Waals surface area contributed by atoms with Gasteiger partial charge in [-0.15, -0.1) is 11.3 Å². The highest BCUT2D eigenvalue weighted by Crippen LogP contribution is 2.29. The Morgan fingerprint density at radius 3 is 2.65 bits per heavy atom. The molecule has 1 heterocycles. The first kappa shape index (κ1) is 13.3. The van der Waals surface area contributed by atoms with E-state index in [0.29, 0.717) is 12.5 Å². The largest absolute Gasteiger partial charge is 0.330 e. The SMILES string of the molecule is NCC(Cc1sccc1Br)c1cccc(Br)c1. The molecule has 0 bridgehead atoms. The summed E-state index contributed by atoms with van der Waals surface area (Å²) in [6, 6.07) is 10.5. The van der Waals surface area contributed by atoms with Crippen molar-refractivity contribution in [3.8, 4) is 0 Å². The van der Waals surface area contributed by atoms with E-state index in [1.165, 1.54) is 14.9 Å². The lowest BCUT2D eigenvalue weighted by Crippen LogP contribution is -2.14. The van der Waals surface area contributed by atoms with E-state index in [1.807, 2.05) is 6.07 Å². The van der Waals surface area contributed by atoms with E-state index < -0.39 is 0 Å². The highest BCUT2D eigenvalue weighted by Gasteiger charge is 2.13. The van der Waals surface area contributed by atoms with Crippen LogP contribution in [0.3, 0.4) is 0 Å². The third-order valence-electron chi connectivity index (χ3n) is 2.73. The van der Waals surface area contributed by atoms with E-state index in [-0.39, 0.29) is 0 Å². The van der Waals surface area contributed by atoms with Crippen LogP contribution in [0.5, 0.6) is 0 Å². The fraction of sp³-hybridized carbons (Fsp3) is 0.231. The number of rotatable bonds is 4. The van der Waals surface area contributed by atoms with Crippen LogP contribution in [0.4, 0.5) is 0 Å². The molecule has 2 N–H and O–H groups in total. The summed E-state index contributed by atoms with van der Waals surface area (Å²) in [6.45, 7) is 0.667. The van der Waals surface area contributed by atoms with Crippen molar-refractivity contribution in [2.45, 2.75) is 12.3 Å². The molecule has 0 amide bonds. The number of hydrogen-bond acceptors (Lipinski definition) is 2. The predicted molar refractivity (Wildman–Crippen MR) is 81.7 cm³/mol. The zero-order chi connectivity index (χ0) is 12.3. The second kappa shape index (κ2) is 6.14. The minimum absolute atomic E-state index is 0.377. The Balaban J connectivity index is 2.20. The van der Waals surface area contributed by atoms with E-state index in [4.69, 9.17) is 5.73 Å². The molecule has 0 saturated heterocycles. The van der Waals surface area contributed by atoms with E-state index in [9.17, 15) is 0 Å². The topological polar surface area (TPSA) is 26.0 Å². The third-order valence-corrected chi connectivity index (χ3v) is 5.17. The van der Waals surface area contributed by atoms with Gasteiger partial charge in [0.05, 0.1) is 0 Å². The summed E-state index contributed by atoms with van der Waals surface area (Å²) < 4.78 is 2.30. The van der Waals surface area contributed by atoms with Gasteiger partial charge in [-0.2, -0.15) is 0 Å². The van der Waals surface area contributed by atoms with Gasteiger partial charge in [0.1, 0.15) is 0 Å². The Morgan fingerprint density at radius 1 is 1.24 bits per heavy atom. The van der Waals surface area contributed by atoms with Crippen molar-refractivity contribution in [3.63, 3.8) is 0 Å². The minimum atomic E-state index is 0.377. The standard InChI is InChI=1S/C13H13Br2NS/c14-11-3-1-2-9(6-11)10(8-16)7-13-12(15)4-5-17-13/h1-6,10H,7-8,16H2. The maximum absolute atomic E-state index is 5.90. The van der Waals surface area contributed by atoms with Gasteiger partial charge in [-0.1, -0.05) is 28.1 Å². The van der Waals surface area contributed by atoms with E-state index >= 15 is 0 Å². The summed E-state index contributed by atoms with van der Waals surface area (Å²) in [7, 11) is 0. The number of nitrogens with two attached hydrogens (primary N) is 1. The summed E-state index contributed by atoms with van der Waals surface area (Å²) in [4.78, 5) is 1.36. The molecular weight excluding hydrogens is 362 g/mol. The van der Waals surface area contributed by atoms with E-state index in [2.05, 4.69) is 61.5 Å². The molecule has 0 spiro atoms. The zero-order valence-corrected chi connectivity index (χ0v) is 13.2. The first-order chi connectivity index (χ1) is 8.20. The fourth-order valence-corrected chi connectivity index (χ4v) is 3.81. The number of thiophene rings is 1. The molecule has 1 aromatic heterocycles. The van der Waals surface area contributed by atoms with Crippen LogP contribution in [-0.4, -0.2) is 6.54 Å². The predicted octanol–water partition coefficient (Wildman–Crippen LogP) is 4.56. The van der Waals surface area contributed by atoms with Gasteiger partial charge in [0.15, 0.2) is 0 Å². The maximum Gasteiger partial charge on any atom is 0.0314 e. The summed E-state index contributed by atoms with van der Waals surface area (Å²) >= 11 is 8.85. The molecule has 2 rings (SSSR count). The van der Waals surface area contributed by atoms with Crippen molar-refractivity contribution in [1.29, 1.82) is 0 Å². The van der Waals surface area contributed by atoms with Crippen LogP contribution >= 0.6 is 43.2 Å². The summed E-state index contributed by atoms with van der Waals surface area (Å²) in [6.07, 6.45) is 0.991. The average Bonchev–Trinajstić information content (AvgIpc) is 2.71. The molecule has 0 aliphatic carbocycles. The van der Waals surface area contributed by atoms with Crippen LogP contribution in [0.2, 0.25) is 0 Å². The zero-order valence-electron chi connectivity index (χ0n) is 9.20. The van der Waals surface area contributed by atoms with Crippen LogP contribution in [0.25, 0.3) is 0 Å². The quantitative estimate of drug-likeness (QED) is 0.833. The first-order valence-corrected chi connectivity index (χ1v) is 7.84. The van der Waals surface area contributed by atoms with Crippen molar-refractivity contribution in [1.82, 2.24) is 0 Å². The molecule has 1 aromatic carbocycles. The first-order valence-electron chi connectivity index (χ1n) is 5.38. The summed E-state index contributed by atoms with van der Waals surface area (Å²) in [5.41, 5.74) is 7.19. The normalized spacial score (nSPS) is 12.6. The molecule has 0 radical (unpaired) electrons. The molecule has 0 fully saturated rings. The van der Waals surface area contributed by atoms with Gasteiger partial charge in [0, 0.05) is 19.7 Å². The van der Waals surface area contributed by atoms with Crippen molar-refractivity contribution >= 4 is 43.2 Å². The second-order valence-corrected chi connectivity index (χ2v) is 6.65. The number of benzene rings is 1. The number of hydrogen-bond donors (Lipinski definition) is 1. The molecule has 90 valence electrons. The maximum atomic E-state index is 5.90. The molecule has 1 unspecified atom stereocenters. The van der Waals surface area contributed by atoms with Crippen LogP contribution < -0.4 is 5.73 Å². The van der Waals surface area contributed by atoms with Gasteiger partial charge in [-0.05, 0) is 58.0 Å². The van der Waals surface area contributed by atoms with Crippen molar-refractivity contribution in [2.24, 2.45) is 5.73 Å². The van der Waals surface area contributed by atoms with Gasteiger partial charge >= 0.3 is 0 Å². The van der Waals surface area contributed by atoms with Crippen molar-refractivity contribution in [2.75, 3.05) is 6.54 Å². The van der Waals surface area contributed by atoms with Crippen molar-refractivity contribution < 1.29 is 0 Å². The van der Waals surface area contributed by atoms with Crippen LogP contribution in [0.15, 0.2) is 44.7 Å². The molecule has 4 heteroatoms. The third kappa shape index (κ3) is 3.41. The molecule has 17 heavy (non-hydrogen) atoms. The van der Waals surface area contributed by atoms with Crippen LogP contribution in [0.1, 0.15) is 16.4 Å². The summed E-state index contributed by atoms with van der Waals surface area (Å²) in [5, 5.41) is 2.11.